The van der Waals surface area contributed by atoms with Crippen LogP contribution < -0.4 is 11.2 Å². The van der Waals surface area contributed by atoms with Crippen LogP contribution >= 0.6 is 0 Å². The third-order valence-electron chi connectivity index (χ3n) is 3.56. The van der Waals surface area contributed by atoms with E-state index in [-0.39, 0.29) is 18.7 Å². The van der Waals surface area contributed by atoms with Crippen molar-refractivity contribution < 1.29 is 14.9 Å². The maximum atomic E-state index is 11.9. The van der Waals surface area contributed by atoms with Crippen LogP contribution in [0.3, 0.4) is 0 Å². The summed E-state index contributed by atoms with van der Waals surface area (Å²) in [6.07, 6.45) is -2.39. The summed E-state index contributed by atoms with van der Waals surface area (Å²) in [5, 5.41) is 22.9. The molecular formula is C14H15N3O5. The van der Waals surface area contributed by atoms with Crippen LogP contribution in [0.2, 0.25) is 0 Å². The van der Waals surface area contributed by atoms with E-state index in [2.05, 4.69) is 10.1 Å². The summed E-state index contributed by atoms with van der Waals surface area (Å²) in [6, 6.07) is 8.71. The van der Waals surface area contributed by atoms with E-state index in [4.69, 9.17) is 9.84 Å². The molecule has 0 aliphatic carbocycles. The normalized spacial score (nSPS) is 24.5. The van der Waals surface area contributed by atoms with Gasteiger partial charge >= 0.3 is 5.69 Å². The number of H-pyrrole nitrogens is 1. The lowest BCUT2D eigenvalue weighted by Crippen LogP contribution is -2.36. The molecule has 0 bridgehead atoms. The van der Waals surface area contributed by atoms with E-state index in [1.54, 1.807) is 30.3 Å². The van der Waals surface area contributed by atoms with Crippen LogP contribution in [0.5, 0.6) is 0 Å². The molecule has 8 heteroatoms. The topological polar surface area (TPSA) is 117 Å². The van der Waals surface area contributed by atoms with Gasteiger partial charge in [0.2, 0.25) is 0 Å². The minimum atomic E-state index is -0.893. The first-order valence-corrected chi connectivity index (χ1v) is 6.83. The van der Waals surface area contributed by atoms with Crippen molar-refractivity contribution in [3.05, 3.63) is 51.2 Å². The van der Waals surface area contributed by atoms with E-state index < -0.39 is 29.7 Å². The van der Waals surface area contributed by atoms with Gasteiger partial charge in [0.05, 0.1) is 12.7 Å². The zero-order valence-corrected chi connectivity index (χ0v) is 11.5. The summed E-state index contributed by atoms with van der Waals surface area (Å²) < 4.78 is 6.39. The number of nitrogens with one attached hydrogen (secondary N) is 1. The number of aliphatic hydroxyl groups is 2. The van der Waals surface area contributed by atoms with Crippen LogP contribution in [0.25, 0.3) is 11.3 Å². The van der Waals surface area contributed by atoms with E-state index in [1.165, 1.54) is 0 Å². The van der Waals surface area contributed by atoms with Crippen molar-refractivity contribution in [3.8, 4) is 11.3 Å². The van der Waals surface area contributed by atoms with Gasteiger partial charge in [-0.1, -0.05) is 30.3 Å². The molecule has 0 unspecified atom stereocenters. The molecule has 0 saturated carbocycles. The van der Waals surface area contributed by atoms with Gasteiger partial charge in [0, 0.05) is 12.0 Å². The number of ether oxygens (including phenoxy) is 1. The summed E-state index contributed by atoms with van der Waals surface area (Å²) in [5.74, 6) is 0. The number of aliphatic hydroxyl groups excluding tert-OH is 2. The molecule has 1 aromatic heterocycles. The van der Waals surface area contributed by atoms with Gasteiger partial charge in [-0.3, -0.25) is 9.78 Å². The largest absolute Gasteiger partial charge is 0.394 e. The third-order valence-corrected chi connectivity index (χ3v) is 3.56. The minimum Gasteiger partial charge on any atom is -0.394 e. The molecule has 8 nitrogen and oxygen atoms in total. The number of aromatic nitrogens is 3. The quantitative estimate of drug-likeness (QED) is 0.686. The number of benzene rings is 1. The van der Waals surface area contributed by atoms with Gasteiger partial charge in [-0.15, -0.1) is 0 Å². The maximum absolute atomic E-state index is 11.9. The van der Waals surface area contributed by atoms with Crippen molar-refractivity contribution in [1.29, 1.82) is 0 Å². The molecule has 2 heterocycles. The Bertz CT molecular complexity index is 770. The van der Waals surface area contributed by atoms with Gasteiger partial charge in [-0.2, -0.15) is 9.78 Å². The molecule has 1 fully saturated rings. The zero-order chi connectivity index (χ0) is 15.7. The fourth-order valence-electron chi connectivity index (χ4n) is 2.42. The zero-order valence-electron chi connectivity index (χ0n) is 11.5. The first kappa shape index (κ1) is 14.6. The molecule has 1 aliphatic heterocycles. The van der Waals surface area contributed by atoms with Gasteiger partial charge in [0.15, 0.2) is 11.9 Å². The molecular weight excluding hydrogens is 290 g/mol. The molecule has 0 amide bonds. The molecule has 116 valence electrons. The summed E-state index contributed by atoms with van der Waals surface area (Å²) in [7, 11) is 0. The van der Waals surface area contributed by atoms with Gasteiger partial charge < -0.3 is 14.9 Å². The second-order valence-electron chi connectivity index (χ2n) is 5.03. The van der Waals surface area contributed by atoms with Crippen LogP contribution in [-0.2, 0) is 4.74 Å². The van der Waals surface area contributed by atoms with Crippen LogP contribution in [0, 0.1) is 0 Å². The standard InChI is InChI=1S/C14H15N3O5/c18-7-10-9(19)6-11(22-10)17-14(21)15-13(20)12(16-17)8-4-2-1-3-5-8/h1-5,9-11,18-19H,6-7H2,(H,15,20,21)/t9-,10+,11+/m0/s1. The van der Waals surface area contributed by atoms with Gasteiger partial charge in [0.1, 0.15) is 6.10 Å². The van der Waals surface area contributed by atoms with Crippen molar-refractivity contribution in [3.63, 3.8) is 0 Å². The molecule has 3 rings (SSSR count). The van der Waals surface area contributed by atoms with Crippen molar-refractivity contribution in [2.75, 3.05) is 6.61 Å². The highest BCUT2D eigenvalue weighted by Crippen LogP contribution is 2.26. The van der Waals surface area contributed by atoms with Crippen molar-refractivity contribution in [1.82, 2.24) is 14.8 Å². The number of hydrogen-bond acceptors (Lipinski definition) is 6. The summed E-state index contributed by atoms with van der Waals surface area (Å²) in [6.45, 7) is -0.360. The van der Waals surface area contributed by atoms with E-state index in [9.17, 15) is 14.7 Å². The predicted molar refractivity (Wildman–Crippen MR) is 76.2 cm³/mol. The highest BCUT2D eigenvalue weighted by molar-refractivity contribution is 5.56. The lowest BCUT2D eigenvalue weighted by atomic mass is 10.2. The lowest BCUT2D eigenvalue weighted by molar-refractivity contribution is -0.0505. The van der Waals surface area contributed by atoms with E-state index >= 15 is 0 Å². The van der Waals surface area contributed by atoms with Crippen LogP contribution in [0.4, 0.5) is 0 Å². The molecule has 0 radical (unpaired) electrons. The van der Waals surface area contributed by atoms with Crippen molar-refractivity contribution in [2.24, 2.45) is 0 Å². The number of hydrogen-bond donors (Lipinski definition) is 3. The lowest BCUT2D eigenvalue weighted by Gasteiger charge is -2.13. The van der Waals surface area contributed by atoms with E-state index in [0.717, 1.165) is 4.68 Å². The smallest absolute Gasteiger partial charge is 0.347 e. The second-order valence-corrected chi connectivity index (χ2v) is 5.03. The molecule has 1 aliphatic rings. The Morgan fingerprint density at radius 1 is 1.32 bits per heavy atom. The third kappa shape index (κ3) is 2.59. The summed E-state index contributed by atoms with van der Waals surface area (Å²) in [4.78, 5) is 26.1. The van der Waals surface area contributed by atoms with Crippen LogP contribution in [0.1, 0.15) is 12.6 Å². The SMILES string of the molecule is O=c1[nH]c(=O)n([C@H]2C[C@H](O)[C@@H](CO)O2)nc1-c1ccccc1. The first-order chi connectivity index (χ1) is 10.6. The Morgan fingerprint density at radius 2 is 2.05 bits per heavy atom. The number of nitrogens with zero attached hydrogens (tertiary/aromatic N) is 2. The molecule has 2 aromatic rings. The monoisotopic (exact) mass is 305 g/mol. The van der Waals surface area contributed by atoms with Crippen molar-refractivity contribution in [2.45, 2.75) is 24.9 Å². The minimum absolute atomic E-state index is 0.0886. The Balaban J connectivity index is 2.03. The van der Waals surface area contributed by atoms with E-state index in [1.807, 2.05) is 0 Å². The molecule has 1 aromatic carbocycles. The fraction of sp³-hybridized carbons (Fsp3) is 0.357. The van der Waals surface area contributed by atoms with Gasteiger partial charge in [-0.05, 0) is 0 Å². The van der Waals surface area contributed by atoms with E-state index in [0.29, 0.717) is 5.56 Å². The van der Waals surface area contributed by atoms with Crippen LogP contribution in [-0.4, -0.2) is 43.8 Å². The van der Waals surface area contributed by atoms with Crippen LogP contribution in [0.15, 0.2) is 39.9 Å². The number of aromatic amines is 1. The number of rotatable bonds is 3. The van der Waals surface area contributed by atoms with Gasteiger partial charge in [-0.25, -0.2) is 4.79 Å². The summed E-state index contributed by atoms with van der Waals surface area (Å²) in [5.41, 5.74) is -0.661. The molecule has 3 atom stereocenters. The first-order valence-electron chi connectivity index (χ1n) is 6.83. The average molecular weight is 305 g/mol. The van der Waals surface area contributed by atoms with Crippen molar-refractivity contribution >= 4 is 0 Å². The average Bonchev–Trinajstić information content (AvgIpc) is 2.89. The second kappa shape index (κ2) is 5.84. The summed E-state index contributed by atoms with van der Waals surface area (Å²) >= 11 is 0. The van der Waals surface area contributed by atoms with Gasteiger partial charge in [0.25, 0.3) is 5.56 Å². The highest BCUT2D eigenvalue weighted by atomic mass is 16.5. The molecule has 1 saturated heterocycles. The fourth-order valence-corrected chi connectivity index (χ4v) is 2.42. The molecule has 0 spiro atoms. The Labute approximate surface area is 124 Å². The highest BCUT2D eigenvalue weighted by Gasteiger charge is 2.35. The maximum Gasteiger partial charge on any atom is 0.347 e. The predicted octanol–water partition coefficient (Wildman–Crippen LogP) is -0.761. The Kier molecular flexibility index (Phi) is 3.88. The Morgan fingerprint density at radius 3 is 2.68 bits per heavy atom. The molecule has 3 N–H and O–H groups in total. The Hall–Kier alpha value is -2.29. The molecule has 22 heavy (non-hydrogen) atoms.